The van der Waals surface area contributed by atoms with Crippen molar-refractivity contribution < 1.29 is 0 Å². The van der Waals surface area contributed by atoms with Crippen molar-refractivity contribution in [2.75, 3.05) is 0 Å². The van der Waals surface area contributed by atoms with Crippen LogP contribution in [0.5, 0.6) is 0 Å². The Morgan fingerprint density at radius 1 is 0.769 bits per heavy atom. The summed E-state index contributed by atoms with van der Waals surface area (Å²) in [7, 11) is 0. The van der Waals surface area contributed by atoms with Crippen LogP contribution in [0.25, 0.3) is 0 Å². The van der Waals surface area contributed by atoms with Crippen molar-refractivity contribution in [3.05, 3.63) is 143 Å². The summed E-state index contributed by atoms with van der Waals surface area (Å²) in [6, 6.07) is 17.0. The van der Waals surface area contributed by atoms with Crippen LogP contribution in [0.1, 0.15) is 83.1 Å². The molecule has 2 atom stereocenters. The predicted octanol–water partition coefficient (Wildman–Crippen LogP) is 12.2. The van der Waals surface area contributed by atoms with Crippen molar-refractivity contribution in [1.29, 1.82) is 0 Å². The maximum atomic E-state index is 3.72. The van der Waals surface area contributed by atoms with Gasteiger partial charge in [-0.3, -0.25) is 0 Å². The number of hydrogen-bond donors (Lipinski definition) is 0. The minimum absolute atomic E-state index is 0.225. The van der Waals surface area contributed by atoms with Crippen LogP contribution in [-0.2, 0) is 0 Å². The zero-order valence-electron chi connectivity index (χ0n) is 26.7. The normalized spacial score (nSPS) is 18.3. The molecule has 1 aliphatic carbocycles. The third-order valence-electron chi connectivity index (χ3n) is 6.78. The second kappa shape index (κ2) is 20.8. The highest BCUT2D eigenvalue weighted by Gasteiger charge is 2.33. The Kier molecular flexibility index (Phi) is 19.1. The summed E-state index contributed by atoms with van der Waals surface area (Å²) >= 11 is 0. The molecular formula is C39H56. The third kappa shape index (κ3) is 15.2. The van der Waals surface area contributed by atoms with Gasteiger partial charge >= 0.3 is 0 Å². The lowest BCUT2D eigenvalue weighted by Gasteiger charge is -2.38. The molecule has 0 saturated heterocycles. The summed E-state index contributed by atoms with van der Waals surface area (Å²) in [5.74, 6) is 0.492. The van der Waals surface area contributed by atoms with Crippen molar-refractivity contribution in [2.45, 2.75) is 88.5 Å². The molecule has 3 rings (SSSR count). The smallest absolute Gasteiger partial charge is 0.00717 e. The van der Waals surface area contributed by atoms with Gasteiger partial charge in [0.1, 0.15) is 0 Å². The van der Waals surface area contributed by atoms with E-state index in [1.54, 1.807) is 5.57 Å². The number of rotatable bonds is 7. The van der Waals surface area contributed by atoms with E-state index in [9.17, 15) is 0 Å². The molecule has 0 saturated carbocycles. The van der Waals surface area contributed by atoms with Gasteiger partial charge < -0.3 is 0 Å². The highest BCUT2D eigenvalue weighted by Crippen LogP contribution is 2.44. The average molecular weight is 525 g/mol. The number of benzene rings is 2. The largest absolute Gasteiger partial charge is 0.0991 e. The Labute approximate surface area is 242 Å². The molecule has 0 heteroatoms. The Balaban J connectivity index is 0.000000650. The quantitative estimate of drug-likeness (QED) is 0.249. The lowest BCUT2D eigenvalue weighted by Crippen LogP contribution is -2.27. The fourth-order valence-corrected chi connectivity index (χ4v) is 4.36. The maximum absolute atomic E-state index is 3.72. The van der Waals surface area contributed by atoms with Gasteiger partial charge in [-0.05, 0) is 66.2 Å². The molecule has 39 heavy (non-hydrogen) atoms. The van der Waals surface area contributed by atoms with Crippen LogP contribution >= 0.6 is 0 Å². The summed E-state index contributed by atoms with van der Waals surface area (Å²) in [5.41, 5.74) is 8.50. The molecule has 0 aliphatic heterocycles. The fraction of sp³-hybridized carbons (Fsp3) is 0.385. The maximum Gasteiger partial charge on any atom is 0.00717 e. The van der Waals surface area contributed by atoms with Gasteiger partial charge in [0.15, 0.2) is 0 Å². The molecular weight excluding hydrogens is 468 g/mol. The van der Waals surface area contributed by atoms with Crippen molar-refractivity contribution in [3.8, 4) is 0 Å². The van der Waals surface area contributed by atoms with Crippen LogP contribution in [0.15, 0.2) is 121 Å². The van der Waals surface area contributed by atoms with Crippen LogP contribution in [0, 0.1) is 39.0 Å². The molecule has 1 aliphatic rings. The Hall–Kier alpha value is -3.12. The molecule has 0 spiro atoms. The molecule has 0 radical (unpaired) electrons. The molecule has 0 N–H and O–H groups in total. The van der Waals surface area contributed by atoms with Crippen LogP contribution in [-0.4, -0.2) is 0 Å². The average Bonchev–Trinajstić information content (AvgIpc) is 2.93. The van der Waals surface area contributed by atoms with E-state index in [1.807, 2.05) is 26.0 Å². The molecule has 0 amide bonds. The van der Waals surface area contributed by atoms with E-state index in [0.717, 1.165) is 19.3 Å². The predicted molar refractivity (Wildman–Crippen MR) is 179 cm³/mol. The highest BCUT2D eigenvalue weighted by atomic mass is 14.4. The fourth-order valence-electron chi connectivity index (χ4n) is 4.36. The molecule has 0 aromatic heterocycles. The summed E-state index contributed by atoms with van der Waals surface area (Å²) in [4.78, 5) is 0. The lowest BCUT2D eigenvalue weighted by atomic mass is 9.66. The molecule has 0 nitrogen and oxygen atoms in total. The van der Waals surface area contributed by atoms with Gasteiger partial charge in [0.2, 0.25) is 0 Å². The summed E-state index contributed by atoms with van der Waals surface area (Å²) in [6.07, 6.45) is 23.0. The summed E-state index contributed by atoms with van der Waals surface area (Å²) < 4.78 is 0. The van der Waals surface area contributed by atoms with Crippen molar-refractivity contribution in [3.63, 3.8) is 0 Å². The number of hydrogen-bond acceptors (Lipinski definition) is 0. The van der Waals surface area contributed by atoms with E-state index >= 15 is 0 Å². The van der Waals surface area contributed by atoms with Gasteiger partial charge in [0.05, 0.1) is 0 Å². The van der Waals surface area contributed by atoms with E-state index in [1.165, 1.54) is 27.8 Å². The van der Waals surface area contributed by atoms with Gasteiger partial charge in [-0.1, -0.05) is 171 Å². The van der Waals surface area contributed by atoms with Crippen molar-refractivity contribution in [2.24, 2.45) is 11.3 Å². The van der Waals surface area contributed by atoms with E-state index < -0.39 is 0 Å². The first-order valence-electron chi connectivity index (χ1n) is 14.7. The Morgan fingerprint density at radius 2 is 1.23 bits per heavy atom. The van der Waals surface area contributed by atoms with Crippen LogP contribution in [0.4, 0.5) is 0 Å². The first-order valence-corrected chi connectivity index (χ1v) is 14.7. The van der Waals surface area contributed by atoms with Crippen LogP contribution in [0.3, 0.4) is 0 Å². The molecule has 0 fully saturated rings. The topological polar surface area (TPSA) is 0 Å². The SMILES string of the molecule is C=C/C=C\C=C/C1C(CCC=CC)=CC(C)=CC1(C)CC.CC.Cc1ccc(C)cc1.Cc1ccc(C)cc1. The van der Waals surface area contributed by atoms with Crippen molar-refractivity contribution in [1.82, 2.24) is 0 Å². The Morgan fingerprint density at radius 3 is 1.62 bits per heavy atom. The first-order chi connectivity index (χ1) is 18.6. The van der Waals surface area contributed by atoms with Gasteiger partial charge in [-0.15, -0.1) is 0 Å². The van der Waals surface area contributed by atoms with Gasteiger partial charge in [-0.2, -0.15) is 0 Å². The number of allylic oxidation sites excluding steroid dienone is 11. The molecule has 2 aromatic rings. The minimum atomic E-state index is 0.225. The number of aryl methyl sites for hydroxylation is 4. The Bertz CT molecular complexity index is 982. The van der Waals surface area contributed by atoms with Gasteiger partial charge in [-0.25, -0.2) is 0 Å². The van der Waals surface area contributed by atoms with Gasteiger partial charge in [0.25, 0.3) is 0 Å². The second-order valence-corrected chi connectivity index (χ2v) is 10.4. The van der Waals surface area contributed by atoms with E-state index in [2.05, 4.69) is 153 Å². The van der Waals surface area contributed by atoms with E-state index in [0.29, 0.717) is 5.92 Å². The van der Waals surface area contributed by atoms with E-state index in [-0.39, 0.29) is 5.41 Å². The van der Waals surface area contributed by atoms with E-state index in [4.69, 9.17) is 0 Å². The molecule has 2 aromatic carbocycles. The molecule has 2 unspecified atom stereocenters. The summed E-state index contributed by atoms with van der Waals surface area (Å²) in [5, 5.41) is 0. The summed E-state index contributed by atoms with van der Waals surface area (Å²) in [6.45, 7) is 25.1. The minimum Gasteiger partial charge on any atom is -0.0991 e. The molecule has 212 valence electrons. The lowest BCUT2D eigenvalue weighted by molar-refractivity contribution is 0.319. The monoisotopic (exact) mass is 524 g/mol. The highest BCUT2D eigenvalue weighted by molar-refractivity contribution is 5.36. The zero-order chi connectivity index (χ0) is 29.7. The molecule has 0 heterocycles. The second-order valence-electron chi connectivity index (χ2n) is 10.4. The standard InChI is InChI=1S/C21H30.2C8H10.C2H6/c1-6-9-11-13-15-20-19(14-12-10-7-2)16-18(4)17-21(20,5)8-3;2*1-7-3-5-8(2)6-4-7;1-2/h6-7,9-11,13,15-17,20H,1,8,12,14H2,2-5H3;2*3-6H,1-2H3;1-2H3/b10-7?,11-9-,15-13-;;;. The molecule has 0 bridgehead atoms. The van der Waals surface area contributed by atoms with Gasteiger partial charge in [0, 0.05) is 5.92 Å². The third-order valence-corrected chi connectivity index (χ3v) is 6.78. The van der Waals surface area contributed by atoms with Crippen LogP contribution in [0.2, 0.25) is 0 Å². The van der Waals surface area contributed by atoms with Crippen molar-refractivity contribution >= 4 is 0 Å². The van der Waals surface area contributed by atoms with Crippen LogP contribution < -0.4 is 0 Å². The zero-order valence-corrected chi connectivity index (χ0v) is 26.7. The first kappa shape index (κ1) is 35.9.